The van der Waals surface area contributed by atoms with Gasteiger partial charge in [-0.3, -0.25) is 0 Å². The van der Waals surface area contributed by atoms with Crippen LogP contribution in [0, 0.1) is 0 Å². The van der Waals surface area contributed by atoms with Gasteiger partial charge in [0.25, 0.3) is 0 Å². The number of carbonyl (C=O) groups is 1. The minimum absolute atomic E-state index is 0.230. The van der Waals surface area contributed by atoms with Crippen molar-refractivity contribution in [1.82, 2.24) is 0 Å². The molecule has 1 aromatic carbocycles. The smallest absolute Gasteiger partial charge is 0.338 e. The van der Waals surface area contributed by atoms with Crippen LogP contribution < -0.4 is 0 Å². The van der Waals surface area contributed by atoms with Crippen LogP contribution in [0.25, 0.3) is 0 Å². The number of aliphatic hydroxyl groups is 1. The Morgan fingerprint density at radius 1 is 1.15 bits per heavy atom. The molecular weight excluding hydrogens is 252 g/mol. The monoisotopic (exact) mass is 274 g/mol. The summed E-state index contributed by atoms with van der Waals surface area (Å²) in [6, 6.07) is 10.1. The number of hydrogen-bond donors (Lipinski definition) is 1. The Hall–Kier alpha value is -1.61. The predicted molar refractivity (Wildman–Crippen MR) is 78.3 cm³/mol. The van der Waals surface area contributed by atoms with E-state index in [4.69, 9.17) is 4.74 Å². The van der Waals surface area contributed by atoms with Gasteiger partial charge in [0.2, 0.25) is 0 Å². The first-order valence-corrected chi connectivity index (χ1v) is 7.29. The summed E-state index contributed by atoms with van der Waals surface area (Å²) in [5, 5.41) is 10.2. The molecule has 0 unspecified atom stereocenters. The van der Waals surface area contributed by atoms with E-state index in [0.29, 0.717) is 12.8 Å². The molecule has 0 amide bonds. The third-order valence-electron chi connectivity index (χ3n) is 3.73. The molecule has 0 aromatic heterocycles. The highest BCUT2D eigenvalue weighted by molar-refractivity contribution is 5.79. The summed E-state index contributed by atoms with van der Waals surface area (Å²) in [6.07, 6.45) is 8.57. The number of esters is 1. The first-order chi connectivity index (χ1) is 9.71. The van der Waals surface area contributed by atoms with Gasteiger partial charge < -0.3 is 9.84 Å². The highest BCUT2D eigenvalue weighted by Gasteiger charge is 2.38. The standard InChI is InChI=1S/C17H22O3/c18-16(17(19)12-6-2-7-13-17)20-14-8-5-11-15-9-3-1-4-10-15/h1,3-5,8-10,19H,2,6-7,11-14H2/b8-5+. The summed E-state index contributed by atoms with van der Waals surface area (Å²) < 4.78 is 5.15. The van der Waals surface area contributed by atoms with Crippen molar-refractivity contribution in [2.75, 3.05) is 6.61 Å². The lowest BCUT2D eigenvalue weighted by Gasteiger charge is -2.29. The van der Waals surface area contributed by atoms with Gasteiger partial charge in [-0.1, -0.05) is 48.9 Å². The van der Waals surface area contributed by atoms with Gasteiger partial charge in [0.15, 0.2) is 5.60 Å². The lowest BCUT2D eigenvalue weighted by atomic mass is 9.85. The van der Waals surface area contributed by atoms with Crippen molar-refractivity contribution in [1.29, 1.82) is 0 Å². The van der Waals surface area contributed by atoms with Crippen molar-refractivity contribution in [3.63, 3.8) is 0 Å². The molecule has 0 bridgehead atoms. The van der Waals surface area contributed by atoms with E-state index in [-0.39, 0.29) is 6.61 Å². The molecule has 2 rings (SSSR count). The quantitative estimate of drug-likeness (QED) is 0.663. The van der Waals surface area contributed by atoms with Crippen LogP contribution in [0.5, 0.6) is 0 Å². The van der Waals surface area contributed by atoms with E-state index in [9.17, 15) is 9.90 Å². The number of benzene rings is 1. The van der Waals surface area contributed by atoms with Crippen molar-refractivity contribution in [2.45, 2.75) is 44.1 Å². The summed E-state index contributed by atoms with van der Waals surface area (Å²) >= 11 is 0. The average Bonchev–Trinajstić information content (AvgIpc) is 2.48. The molecule has 0 atom stereocenters. The Morgan fingerprint density at radius 3 is 2.55 bits per heavy atom. The molecule has 20 heavy (non-hydrogen) atoms. The van der Waals surface area contributed by atoms with Gasteiger partial charge >= 0.3 is 5.97 Å². The topological polar surface area (TPSA) is 46.5 Å². The Kier molecular flexibility index (Phi) is 5.36. The zero-order chi connectivity index (χ0) is 14.3. The number of carbonyl (C=O) groups excluding carboxylic acids is 1. The van der Waals surface area contributed by atoms with E-state index >= 15 is 0 Å². The van der Waals surface area contributed by atoms with Gasteiger partial charge in [0.05, 0.1) is 0 Å². The molecule has 1 aliphatic rings. The first kappa shape index (κ1) is 14.8. The Labute approximate surface area is 120 Å². The second-order valence-corrected chi connectivity index (χ2v) is 5.35. The molecule has 1 aromatic rings. The third kappa shape index (κ3) is 4.20. The summed E-state index contributed by atoms with van der Waals surface area (Å²) in [6.45, 7) is 0.230. The third-order valence-corrected chi connectivity index (χ3v) is 3.73. The van der Waals surface area contributed by atoms with E-state index in [1.165, 1.54) is 5.56 Å². The van der Waals surface area contributed by atoms with Crippen molar-refractivity contribution in [3.05, 3.63) is 48.0 Å². The van der Waals surface area contributed by atoms with Gasteiger partial charge in [0, 0.05) is 0 Å². The average molecular weight is 274 g/mol. The fourth-order valence-electron chi connectivity index (χ4n) is 2.50. The van der Waals surface area contributed by atoms with Crippen LogP contribution in [0.15, 0.2) is 42.5 Å². The molecule has 1 saturated carbocycles. The van der Waals surface area contributed by atoms with Crippen molar-refractivity contribution < 1.29 is 14.6 Å². The molecule has 3 heteroatoms. The largest absolute Gasteiger partial charge is 0.459 e. The molecule has 0 saturated heterocycles. The maximum atomic E-state index is 11.8. The summed E-state index contributed by atoms with van der Waals surface area (Å²) in [4.78, 5) is 11.8. The Bertz CT molecular complexity index is 445. The number of hydrogen-bond acceptors (Lipinski definition) is 3. The van der Waals surface area contributed by atoms with Crippen molar-refractivity contribution in [3.8, 4) is 0 Å². The SMILES string of the molecule is O=C(OC/C=C/Cc1ccccc1)C1(O)CCCCC1. The van der Waals surface area contributed by atoms with Gasteiger partial charge in [-0.05, 0) is 37.7 Å². The molecule has 0 heterocycles. The summed E-state index contributed by atoms with van der Waals surface area (Å²) in [7, 11) is 0. The van der Waals surface area contributed by atoms with Gasteiger partial charge in [-0.25, -0.2) is 4.79 Å². The Balaban J connectivity index is 1.71. The lowest BCUT2D eigenvalue weighted by Crippen LogP contribution is -2.41. The van der Waals surface area contributed by atoms with E-state index in [1.807, 2.05) is 30.4 Å². The van der Waals surface area contributed by atoms with Crippen LogP contribution in [-0.2, 0) is 16.0 Å². The maximum absolute atomic E-state index is 11.8. The van der Waals surface area contributed by atoms with E-state index in [2.05, 4.69) is 12.1 Å². The fraction of sp³-hybridized carbons (Fsp3) is 0.471. The van der Waals surface area contributed by atoms with E-state index < -0.39 is 11.6 Å². The van der Waals surface area contributed by atoms with Crippen LogP contribution >= 0.6 is 0 Å². The normalized spacial score (nSPS) is 18.1. The van der Waals surface area contributed by atoms with Gasteiger partial charge in [-0.15, -0.1) is 0 Å². The lowest BCUT2D eigenvalue weighted by molar-refractivity contribution is -0.167. The van der Waals surface area contributed by atoms with Crippen LogP contribution in [-0.4, -0.2) is 23.3 Å². The molecule has 0 radical (unpaired) electrons. The van der Waals surface area contributed by atoms with Gasteiger partial charge in [-0.2, -0.15) is 0 Å². The second kappa shape index (κ2) is 7.25. The fourth-order valence-corrected chi connectivity index (χ4v) is 2.50. The van der Waals surface area contributed by atoms with E-state index in [0.717, 1.165) is 25.7 Å². The van der Waals surface area contributed by atoms with Crippen molar-refractivity contribution in [2.24, 2.45) is 0 Å². The highest BCUT2D eigenvalue weighted by Crippen LogP contribution is 2.29. The molecule has 1 N–H and O–H groups in total. The molecule has 1 fully saturated rings. The molecule has 0 spiro atoms. The first-order valence-electron chi connectivity index (χ1n) is 7.29. The zero-order valence-electron chi connectivity index (χ0n) is 11.8. The molecule has 0 aliphatic heterocycles. The Morgan fingerprint density at radius 2 is 1.85 bits per heavy atom. The molecular formula is C17H22O3. The van der Waals surface area contributed by atoms with Crippen LogP contribution in [0.3, 0.4) is 0 Å². The van der Waals surface area contributed by atoms with Crippen LogP contribution in [0.2, 0.25) is 0 Å². The molecule has 1 aliphatic carbocycles. The van der Waals surface area contributed by atoms with Gasteiger partial charge in [0.1, 0.15) is 6.61 Å². The van der Waals surface area contributed by atoms with Crippen LogP contribution in [0.4, 0.5) is 0 Å². The number of rotatable bonds is 5. The van der Waals surface area contributed by atoms with Crippen LogP contribution in [0.1, 0.15) is 37.7 Å². The summed E-state index contributed by atoms with van der Waals surface area (Å²) in [5.74, 6) is -0.471. The van der Waals surface area contributed by atoms with Crippen molar-refractivity contribution >= 4 is 5.97 Å². The predicted octanol–water partition coefficient (Wildman–Crippen LogP) is 3.02. The second-order valence-electron chi connectivity index (χ2n) is 5.35. The zero-order valence-corrected chi connectivity index (χ0v) is 11.8. The minimum Gasteiger partial charge on any atom is -0.459 e. The molecule has 3 nitrogen and oxygen atoms in total. The van der Waals surface area contributed by atoms with E-state index in [1.54, 1.807) is 0 Å². The number of ether oxygens (including phenoxy) is 1. The maximum Gasteiger partial charge on any atom is 0.338 e. The molecule has 108 valence electrons. The highest BCUT2D eigenvalue weighted by atomic mass is 16.5. The minimum atomic E-state index is -1.24. The number of allylic oxidation sites excluding steroid dienone is 1. The summed E-state index contributed by atoms with van der Waals surface area (Å²) in [5.41, 5.74) is -0.0214.